The summed E-state index contributed by atoms with van der Waals surface area (Å²) < 4.78 is 49.6. The zero-order valence-electron chi connectivity index (χ0n) is 18.1. The van der Waals surface area contributed by atoms with Gasteiger partial charge in [-0.1, -0.05) is 12.1 Å². The molecule has 0 radical (unpaired) electrons. The summed E-state index contributed by atoms with van der Waals surface area (Å²) in [5, 5.41) is 3.88. The van der Waals surface area contributed by atoms with E-state index in [1.807, 2.05) is 18.2 Å². The van der Waals surface area contributed by atoms with Gasteiger partial charge in [-0.05, 0) is 67.5 Å². The molecule has 2 aliphatic rings. The number of hydrogen-bond acceptors (Lipinski definition) is 3. The maximum absolute atomic E-state index is 12.7. The van der Waals surface area contributed by atoms with Crippen LogP contribution < -0.4 is 10.1 Å². The third kappa shape index (κ3) is 4.44. The van der Waals surface area contributed by atoms with Crippen LogP contribution >= 0.6 is 0 Å². The predicted octanol–water partition coefficient (Wildman–Crippen LogP) is 5.88. The summed E-state index contributed by atoms with van der Waals surface area (Å²) in [6.07, 6.45) is 0.615. The number of rotatable bonds is 6. The summed E-state index contributed by atoms with van der Waals surface area (Å²) in [6.45, 7) is 0. The van der Waals surface area contributed by atoms with Crippen molar-refractivity contribution in [3.63, 3.8) is 0 Å². The zero-order valence-corrected chi connectivity index (χ0v) is 18.1. The minimum absolute atomic E-state index is 0.00565. The van der Waals surface area contributed by atoms with E-state index < -0.39 is 11.7 Å². The molecular weight excluding hydrogens is 433 g/mol. The van der Waals surface area contributed by atoms with Crippen molar-refractivity contribution < 1.29 is 27.4 Å². The fourth-order valence-electron chi connectivity index (χ4n) is 4.55. The van der Waals surface area contributed by atoms with Gasteiger partial charge in [0.25, 0.3) is 0 Å². The lowest BCUT2D eigenvalue weighted by Crippen LogP contribution is -2.38. The highest BCUT2D eigenvalue weighted by molar-refractivity contribution is 6.03. The van der Waals surface area contributed by atoms with Crippen molar-refractivity contribution in [2.24, 2.45) is 5.92 Å². The zero-order chi connectivity index (χ0) is 23.2. The summed E-state index contributed by atoms with van der Waals surface area (Å²) >= 11 is 0. The Balaban J connectivity index is 1.19. The second-order valence-electron chi connectivity index (χ2n) is 8.95. The van der Waals surface area contributed by atoms with E-state index in [1.54, 1.807) is 25.4 Å². The number of anilines is 1. The third-order valence-electron chi connectivity index (χ3n) is 6.82. The van der Waals surface area contributed by atoms with Gasteiger partial charge < -0.3 is 19.8 Å². The van der Waals surface area contributed by atoms with Crippen LogP contribution in [0, 0.1) is 5.92 Å². The molecular formula is C25H25F3N2O3. The van der Waals surface area contributed by atoms with Gasteiger partial charge in [-0.25, -0.2) is 0 Å². The van der Waals surface area contributed by atoms with Crippen LogP contribution in [0.2, 0.25) is 0 Å². The molecule has 174 valence electrons. The van der Waals surface area contributed by atoms with Gasteiger partial charge >= 0.3 is 6.18 Å². The first-order chi connectivity index (χ1) is 15.8. The molecule has 0 saturated heterocycles. The van der Waals surface area contributed by atoms with Gasteiger partial charge in [0.2, 0.25) is 5.91 Å². The largest absolute Gasteiger partial charge is 0.490 e. The van der Waals surface area contributed by atoms with Crippen molar-refractivity contribution in [2.45, 2.75) is 50.0 Å². The molecule has 5 rings (SSSR count). The van der Waals surface area contributed by atoms with E-state index in [4.69, 9.17) is 9.47 Å². The van der Waals surface area contributed by atoms with Crippen LogP contribution in [0.1, 0.15) is 42.7 Å². The average molecular weight is 458 g/mol. The van der Waals surface area contributed by atoms with Crippen LogP contribution in [0.5, 0.6) is 5.75 Å². The molecule has 0 aliphatic heterocycles. The van der Waals surface area contributed by atoms with Gasteiger partial charge in [-0.2, -0.15) is 13.2 Å². The summed E-state index contributed by atoms with van der Waals surface area (Å²) in [6, 6.07) is 11.1. The molecule has 3 aromatic rings. The first-order valence-corrected chi connectivity index (χ1v) is 11.1. The highest BCUT2D eigenvalue weighted by Crippen LogP contribution is 2.41. The number of hydrogen-bond donors (Lipinski definition) is 2. The number of H-pyrrole nitrogens is 1. The number of alkyl halides is 3. The Morgan fingerprint density at radius 2 is 1.76 bits per heavy atom. The number of aromatic nitrogens is 1. The van der Waals surface area contributed by atoms with E-state index in [1.165, 1.54) is 0 Å². The Morgan fingerprint density at radius 1 is 1.03 bits per heavy atom. The fraction of sp³-hybridized carbons (Fsp3) is 0.400. The van der Waals surface area contributed by atoms with E-state index in [0.29, 0.717) is 5.75 Å². The fourth-order valence-corrected chi connectivity index (χ4v) is 4.55. The van der Waals surface area contributed by atoms with E-state index in [-0.39, 0.29) is 30.0 Å². The van der Waals surface area contributed by atoms with Crippen LogP contribution in [0.3, 0.4) is 0 Å². The van der Waals surface area contributed by atoms with Crippen molar-refractivity contribution in [3.05, 3.63) is 59.8 Å². The van der Waals surface area contributed by atoms with Crippen LogP contribution in [-0.2, 0) is 15.7 Å². The molecule has 0 atom stereocenters. The monoisotopic (exact) mass is 458 g/mol. The van der Waals surface area contributed by atoms with Gasteiger partial charge in [0.1, 0.15) is 5.75 Å². The molecule has 8 heteroatoms. The van der Waals surface area contributed by atoms with Crippen molar-refractivity contribution in [2.75, 3.05) is 12.4 Å². The summed E-state index contributed by atoms with van der Waals surface area (Å²) in [5.74, 6) is 0.864. The van der Waals surface area contributed by atoms with E-state index >= 15 is 0 Å². The first kappa shape index (κ1) is 21.8. The third-order valence-corrected chi connectivity index (χ3v) is 6.82. The minimum Gasteiger partial charge on any atom is -0.490 e. The van der Waals surface area contributed by atoms with E-state index in [0.717, 1.165) is 60.0 Å². The maximum atomic E-state index is 12.7. The molecule has 2 aliphatic carbocycles. The maximum Gasteiger partial charge on any atom is 0.416 e. The van der Waals surface area contributed by atoms with Crippen LogP contribution in [-0.4, -0.2) is 30.2 Å². The molecule has 0 unspecified atom stereocenters. The molecule has 1 amide bonds. The lowest BCUT2D eigenvalue weighted by Gasteiger charge is -2.36. The normalized spacial score (nSPS) is 24.7. The Labute approximate surface area is 189 Å². The smallest absolute Gasteiger partial charge is 0.416 e. The topological polar surface area (TPSA) is 63.3 Å². The van der Waals surface area contributed by atoms with Crippen molar-refractivity contribution in [1.29, 1.82) is 0 Å². The molecule has 2 aromatic carbocycles. The van der Waals surface area contributed by atoms with Gasteiger partial charge in [-0.3, -0.25) is 4.79 Å². The Kier molecular flexibility index (Phi) is 5.56. The van der Waals surface area contributed by atoms with Crippen molar-refractivity contribution in [3.8, 4) is 5.75 Å². The predicted molar refractivity (Wildman–Crippen MR) is 118 cm³/mol. The molecule has 2 saturated carbocycles. The quantitative estimate of drug-likeness (QED) is 0.485. The van der Waals surface area contributed by atoms with E-state index in [2.05, 4.69) is 10.3 Å². The lowest BCUT2D eigenvalue weighted by molar-refractivity contribution is -0.137. The molecule has 1 aromatic heterocycles. The van der Waals surface area contributed by atoms with Crippen LogP contribution in [0.25, 0.3) is 10.9 Å². The van der Waals surface area contributed by atoms with Gasteiger partial charge in [-0.15, -0.1) is 0 Å². The number of methoxy groups -OCH3 is 1. The molecule has 0 bridgehead atoms. The number of nitrogens with one attached hydrogen (secondary N) is 2. The second-order valence-corrected chi connectivity index (χ2v) is 8.95. The van der Waals surface area contributed by atoms with Crippen molar-refractivity contribution in [1.82, 2.24) is 4.98 Å². The number of halogens is 3. The number of fused-ring (bicyclic) bond motifs is 1. The SMILES string of the molecule is CO[C@H]1C[C@H](C(=O)Nc2c[nH]c3ccc(O[C@H]4C[C@@H](c5ccc(C(F)(F)F)cc5)C4)cc23)C1. The summed E-state index contributed by atoms with van der Waals surface area (Å²) in [5.41, 5.74) is 1.90. The Hall–Kier alpha value is -3.00. The van der Waals surface area contributed by atoms with Crippen LogP contribution in [0.15, 0.2) is 48.7 Å². The van der Waals surface area contributed by atoms with Crippen LogP contribution in [0.4, 0.5) is 18.9 Å². The lowest BCUT2D eigenvalue weighted by atomic mass is 9.77. The average Bonchev–Trinajstić information content (AvgIpc) is 3.11. The molecule has 0 spiro atoms. The highest BCUT2D eigenvalue weighted by Gasteiger charge is 2.35. The Morgan fingerprint density at radius 3 is 2.42 bits per heavy atom. The van der Waals surface area contributed by atoms with Gasteiger partial charge in [0.15, 0.2) is 0 Å². The molecule has 1 heterocycles. The number of carbonyl (C=O) groups is 1. The first-order valence-electron chi connectivity index (χ1n) is 11.1. The molecule has 33 heavy (non-hydrogen) atoms. The number of aromatic amines is 1. The minimum atomic E-state index is -4.32. The highest BCUT2D eigenvalue weighted by atomic mass is 19.4. The van der Waals surface area contributed by atoms with Gasteiger partial charge in [0, 0.05) is 30.1 Å². The Bertz CT molecular complexity index is 1140. The summed E-state index contributed by atoms with van der Waals surface area (Å²) in [4.78, 5) is 15.7. The van der Waals surface area contributed by atoms with Gasteiger partial charge in [0.05, 0.1) is 23.5 Å². The summed E-state index contributed by atoms with van der Waals surface area (Å²) in [7, 11) is 1.66. The number of amides is 1. The second kappa shape index (κ2) is 8.41. The number of carbonyl (C=O) groups excluding carboxylic acids is 1. The van der Waals surface area contributed by atoms with Crippen molar-refractivity contribution >= 4 is 22.5 Å². The standard InChI is InChI=1S/C25H25F3N2O3/c1-32-19-10-16(11-19)24(31)30-23-13-29-22-7-6-18(12-21(22)23)33-20-8-15(9-20)14-2-4-17(5-3-14)25(26,27)28/h2-7,12-13,15-16,19-20,29H,8-11H2,1H3,(H,30,31)/t15-,16-,19-,20+. The number of ether oxygens (including phenoxy) is 2. The molecule has 2 fully saturated rings. The molecule has 5 nitrogen and oxygen atoms in total. The number of benzene rings is 2. The molecule has 2 N–H and O–H groups in total. The van der Waals surface area contributed by atoms with E-state index in [9.17, 15) is 18.0 Å².